The first-order chi connectivity index (χ1) is 5.54. The van der Waals surface area contributed by atoms with Crippen LogP contribution in [0.4, 0.5) is 0 Å². The van der Waals surface area contributed by atoms with Crippen LogP contribution in [0.15, 0.2) is 0 Å². The fourth-order valence-corrected chi connectivity index (χ4v) is 3.49. The minimum absolute atomic E-state index is 0.526. The van der Waals surface area contributed by atoms with Crippen LogP contribution in [0.5, 0.6) is 0 Å². The molecule has 0 aromatic carbocycles. The maximum atomic E-state index is 5.17. The second-order valence-corrected chi connectivity index (χ2v) is 5.23. The second-order valence-electron chi connectivity index (χ2n) is 4.89. The third-order valence-electron chi connectivity index (χ3n) is 4.22. The number of likely N-dealkylation sites (tertiary alicyclic amines) is 1. The highest BCUT2D eigenvalue weighted by Crippen LogP contribution is 2.72. The quantitative estimate of drug-likeness (QED) is 0.605. The fourth-order valence-electron chi connectivity index (χ4n) is 3.30. The second kappa shape index (κ2) is 2.43. The summed E-state index contributed by atoms with van der Waals surface area (Å²) in [6.07, 6.45) is 0. The van der Waals surface area contributed by atoms with Crippen LogP contribution in [0.2, 0.25) is 0 Å². The van der Waals surface area contributed by atoms with E-state index in [1.54, 1.807) is 0 Å². The van der Waals surface area contributed by atoms with Gasteiger partial charge in [0.15, 0.2) is 0 Å². The summed E-state index contributed by atoms with van der Waals surface area (Å²) in [6, 6.07) is 0. The van der Waals surface area contributed by atoms with Crippen LogP contribution in [0.1, 0.15) is 13.8 Å². The van der Waals surface area contributed by atoms with Crippen LogP contribution < -0.4 is 0 Å². The van der Waals surface area contributed by atoms with Crippen LogP contribution in [-0.2, 0) is 4.52 Å². The number of hydrogen-bond donors (Lipinski definition) is 0. The molecular weight excluding hydrogens is 169 g/mol. The highest BCUT2D eigenvalue weighted by atomic mass is 31.0. The summed E-state index contributed by atoms with van der Waals surface area (Å²) in [4.78, 5) is 2.43. The predicted molar refractivity (Wildman–Crippen MR) is 52.9 cm³/mol. The molecule has 0 radical (unpaired) electrons. The third-order valence-corrected chi connectivity index (χ3v) is 4.41. The Labute approximate surface area is 76.9 Å². The van der Waals surface area contributed by atoms with Gasteiger partial charge in [0.05, 0.1) is 6.61 Å². The summed E-state index contributed by atoms with van der Waals surface area (Å²) in [5, 5.41) is 0. The van der Waals surface area contributed by atoms with Crippen molar-refractivity contribution in [3.8, 4) is 0 Å². The van der Waals surface area contributed by atoms with Crippen molar-refractivity contribution in [1.82, 2.24) is 4.90 Å². The van der Waals surface area contributed by atoms with Crippen molar-refractivity contribution in [2.24, 2.45) is 16.7 Å². The number of hydrogen-bond acceptors (Lipinski definition) is 2. The third kappa shape index (κ3) is 0.865. The van der Waals surface area contributed by atoms with E-state index in [4.69, 9.17) is 4.52 Å². The molecule has 1 aliphatic carbocycles. The summed E-state index contributed by atoms with van der Waals surface area (Å²) < 4.78 is 5.17. The minimum Gasteiger partial charge on any atom is -0.365 e. The highest BCUT2D eigenvalue weighted by molar-refractivity contribution is 7.09. The molecular formula is C9H18NOP. The van der Waals surface area contributed by atoms with Gasteiger partial charge in [-0.25, -0.2) is 0 Å². The van der Waals surface area contributed by atoms with E-state index in [2.05, 4.69) is 35.3 Å². The first-order valence-corrected chi connectivity index (χ1v) is 5.02. The predicted octanol–water partition coefficient (Wildman–Crippen LogP) is 1.38. The monoisotopic (exact) mass is 187 g/mol. The topological polar surface area (TPSA) is 12.5 Å². The molecule has 2 unspecified atom stereocenters. The summed E-state index contributed by atoms with van der Waals surface area (Å²) >= 11 is 0. The smallest absolute Gasteiger partial charge is 0.0542 e. The number of fused-ring (bicyclic) bond motifs is 1. The van der Waals surface area contributed by atoms with Gasteiger partial charge in [0.1, 0.15) is 0 Å². The van der Waals surface area contributed by atoms with E-state index in [0.717, 1.165) is 12.5 Å². The average Bonchev–Trinajstić information content (AvgIpc) is 2.30. The molecule has 2 fully saturated rings. The van der Waals surface area contributed by atoms with Crippen LogP contribution in [0.3, 0.4) is 0 Å². The van der Waals surface area contributed by atoms with Crippen molar-refractivity contribution in [3.63, 3.8) is 0 Å². The summed E-state index contributed by atoms with van der Waals surface area (Å²) in [7, 11) is 4.57. The lowest BCUT2D eigenvalue weighted by Crippen LogP contribution is -2.24. The van der Waals surface area contributed by atoms with E-state index in [9.17, 15) is 0 Å². The van der Waals surface area contributed by atoms with Gasteiger partial charge in [-0.15, -0.1) is 0 Å². The van der Waals surface area contributed by atoms with Crippen LogP contribution in [-0.4, -0.2) is 31.6 Å². The zero-order valence-electron chi connectivity index (χ0n) is 8.13. The molecule has 0 aromatic heterocycles. The van der Waals surface area contributed by atoms with Gasteiger partial charge >= 0.3 is 0 Å². The molecule has 12 heavy (non-hydrogen) atoms. The summed E-state index contributed by atoms with van der Waals surface area (Å²) in [5.41, 5.74) is 1.05. The Hall–Kier alpha value is 0.350. The fraction of sp³-hybridized carbons (Fsp3) is 1.00. The molecule has 1 saturated carbocycles. The molecule has 2 aliphatic rings. The molecule has 1 aliphatic heterocycles. The molecule has 0 N–H and O–H groups in total. The molecule has 1 heterocycles. The standard InChI is InChI=1S/C9H18NOP/c1-8-5-10(3)6-9(8,2)7(8)4-11-12/h7H,4-6,12H2,1-3H3/t7?,8-,9+. The van der Waals surface area contributed by atoms with Gasteiger partial charge in [0.25, 0.3) is 0 Å². The Morgan fingerprint density at radius 3 is 2.33 bits per heavy atom. The number of nitrogens with zero attached hydrogens (tertiary/aromatic N) is 1. The first-order valence-electron chi connectivity index (χ1n) is 4.55. The molecule has 4 atom stereocenters. The molecule has 0 spiro atoms. The van der Waals surface area contributed by atoms with E-state index in [-0.39, 0.29) is 0 Å². The zero-order valence-corrected chi connectivity index (χ0v) is 9.29. The lowest BCUT2D eigenvalue weighted by Gasteiger charge is -2.17. The van der Waals surface area contributed by atoms with Gasteiger partial charge in [0.2, 0.25) is 0 Å². The van der Waals surface area contributed by atoms with E-state index in [1.807, 2.05) is 0 Å². The first kappa shape index (κ1) is 8.93. The summed E-state index contributed by atoms with van der Waals surface area (Å²) in [6.45, 7) is 8.17. The van der Waals surface area contributed by atoms with E-state index in [0.29, 0.717) is 10.8 Å². The van der Waals surface area contributed by atoms with Crippen LogP contribution >= 0.6 is 9.47 Å². The molecule has 1 saturated heterocycles. The molecule has 3 heteroatoms. The Morgan fingerprint density at radius 1 is 1.42 bits per heavy atom. The van der Waals surface area contributed by atoms with Gasteiger partial charge < -0.3 is 9.42 Å². The maximum absolute atomic E-state index is 5.17. The molecule has 0 aromatic rings. The van der Waals surface area contributed by atoms with Crippen LogP contribution in [0, 0.1) is 16.7 Å². The molecule has 2 rings (SSSR count). The minimum atomic E-state index is 0.526. The van der Waals surface area contributed by atoms with Gasteiger partial charge in [-0.05, 0) is 23.8 Å². The van der Waals surface area contributed by atoms with E-state index < -0.39 is 0 Å². The van der Waals surface area contributed by atoms with Gasteiger partial charge in [-0.3, -0.25) is 0 Å². The van der Waals surface area contributed by atoms with Gasteiger partial charge in [-0.2, -0.15) is 0 Å². The normalized spacial score (nSPS) is 52.5. The largest absolute Gasteiger partial charge is 0.365 e. The highest BCUT2D eigenvalue weighted by Gasteiger charge is 2.73. The number of piperidine rings is 1. The average molecular weight is 187 g/mol. The maximum Gasteiger partial charge on any atom is 0.0542 e. The van der Waals surface area contributed by atoms with E-state index in [1.165, 1.54) is 13.1 Å². The van der Waals surface area contributed by atoms with Crippen molar-refractivity contribution >= 4 is 9.47 Å². The molecule has 0 amide bonds. The molecule has 0 bridgehead atoms. The van der Waals surface area contributed by atoms with Gasteiger partial charge in [0, 0.05) is 22.6 Å². The van der Waals surface area contributed by atoms with Crippen molar-refractivity contribution in [3.05, 3.63) is 0 Å². The van der Waals surface area contributed by atoms with Crippen LogP contribution in [0.25, 0.3) is 0 Å². The van der Waals surface area contributed by atoms with Crippen molar-refractivity contribution in [2.45, 2.75) is 13.8 Å². The molecule has 2 nitrogen and oxygen atoms in total. The Balaban J connectivity index is 2.09. The Kier molecular flexibility index (Phi) is 1.81. The number of rotatable bonds is 2. The van der Waals surface area contributed by atoms with Gasteiger partial charge in [-0.1, -0.05) is 13.8 Å². The van der Waals surface area contributed by atoms with Crippen molar-refractivity contribution < 1.29 is 4.52 Å². The van der Waals surface area contributed by atoms with Crippen molar-refractivity contribution in [1.29, 1.82) is 0 Å². The zero-order chi connectivity index (χ0) is 8.98. The van der Waals surface area contributed by atoms with E-state index >= 15 is 0 Å². The lowest BCUT2D eigenvalue weighted by atomic mass is 10.0. The Morgan fingerprint density at radius 2 is 1.92 bits per heavy atom. The Bertz CT molecular complexity index is 193. The van der Waals surface area contributed by atoms with Crippen molar-refractivity contribution in [2.75, 3.05) is 26.7 Å². The summed E-state index contributed by atoms with van der Waals surface area (Å²) in [5.74, 6) is 0.777. The molecule has 70 valence electrons. The SMILES string of the molecule is CN1C[C@@]2(C)C(COP)[C@@]2(C)C1. The lowest BCUT2D eigenvalue weighted by molar-refractivity contribution is 0.240.